The smallest absolute Gasteiger partial charge is 0.127 e. The van der Waals surface area contributed by atoms with Crippen LogP contribution in [0.4, 0.5) is 0 Å². The van der Waals surface area contributed by atoms with Gasteiger partial charge in [-0.2, -0.15) is 0 Å². The van der Waals surface area contributed by atoms with Crippen molar-refractivity contribution in [1.29, 1.82) is 0 Å². The first kappa shape index (κ1) is 14.9. The average molecular weight is 291 g/mol. The second-order valence-electron chi connectivity index (χ2n) is 4.73. The first-order valence-corrected chi connectivity index (χ1v) is 7.43. The molecule has 1 heterocycles. The first-order chi connectivity index (χ1) is 9.63. The lowest BCUT2D eigenvalue weighted by atomic mass is 10.2. The zero-order valence-corrected chi connectivity index (χ0v) is 13.3. The van der Waals surface area contributed by atoms with Crippen LogP contribution in [-0.4, -0.2) is 14.2 Å². The van der Waals surface area contributed by atoms with Crippen LogP contribution in [-0.2, 0) is 13.1 Å². The van der Waals surface area contributed by atoms with Gasteiger partial charge < -0.3 is 14.8 Å². The van der Waals surface area contributed by atoms with Crippen molar-refractivity contribution in [1.82, 2.24) is 5.32 Å². The van der Waals surface area contributed by atoms with Gasteiger partial charge in [0.05, 0.1) is 14.2 Å². The molecule has 2 rings (SSSR count). The van der Waals surface area contributed by atoms with Crippen LogP contribution in [0.5, 0.6) is 11.5 Å². The van der Waals surface area contributed by atoms with Crippen molar-refractivity contribution in [3.05, 3.63) is 45.1 Å². The van der Waals surface area contributed by atoms with Gasteiger partial charge in [-0.15, -0.1) is 11.3 Å². The Hall–Kier alpha value is -1.52. The van der Waals surface area contributed by atoms with Crippen molar-refractivity contribution >= 4 is 11.3 Å². The van der Waals surface area contributed by atoms with Gasteiger partial charge in [0.1, 0.15) is 11.5 Å². The minimum Gasteiger partial charge on any atom is -0.497 e. The topological polar surface area (TPSA) is 30.5 Å². The fraction of sp³-hybridized carbons (Fsp3) is 0.375. The minimum atomic E-state index is 0.781. The lowest BCUT2D eigenvalue weighted by Crippen LogP contribution is -2.12. The van der Waals surface area contributed by atoms with E-state index in [1.165, 1.54) is 15.3 Å². The van der Waals surface area contributed by atoms with Crippen molar-refractivity contribution in [3.8, 4) is 11.5 Å². The highest BCUT2D eigenvalue weighted by atomic mass is 32.1. The molecule has 0 aliphatic heterocycles. The van der Waals surface area contributed by atoms with Gasteiger partial charge in [0.25, 0.3) is 0 Å². The molecule has 2 aromatic rings. The summed E-state index contributed by atoms with van der Waals surface area (Å²) in [5.74, 6) is 1.67. The fourth-order valence-corrected chi connectivity index (χ4v) is 3.08. The summed E-state index contributed by atoms with van der Waals surface area (Å²) in [7, 11) is 3.35. The first-order valence-electron chi connectivity index (χ1n) is 6.61. The van der Waals surface area contributed by atoms with Gasteiger partial charge in [-0.05, 0) is 31.5 Å². The van der Waals surface area contributed by atoms with Crippen LogP contribution in [0.25, 0.3) is 0 Å². The molecule has 0 saturated heterocycles. The van der Waals surface area contributed by atoms with Crippen LogP contribution in [0, 0.1) is 13.8 Å². The number of ether oxygens (including phenoxy) is 2. The molecule has 20 heavy (non-hydrogen) atoms. The van der Waals surface area contributed by atoms with E-state index in [9.17, 15) is 0 Å². The van der Waals surface area contributed by atoms with Gasteiger partial charge in [-0.3, -0.25) is 0 Å². The van der Waals surface area contributed by atoms with E-state index < -0.39 is 0 Å². The minimum absolute atomic E-state index is 0.781. The number of benzene rings is 1. The number of rotatable bonds is 6. The maximum Gasteiger partial charge on any atom is 0.127 e. The van der Waals surface area contributed by atoms with Crippen molar-refractivity contribution in [2.75, 3.05) is 14.2 Å². The highest BCUT2D eigenvalue weighted by Crippen LogP contribution is 2.25. The third-order valence-electron chi connectivity index (χ3n) is 3.33. The molecule has 0 fully saturated rings. The molecule has 108 valence electrons. The van der Waals surface area contributed by atoms with Crippen molar-refractivity contribution < 1.29 is 9.47 Å². The van der Waals surface area contributed by atoms with E-state index in [-0.39, 0.29) is 0 Å². The quantitative estimate of drug-likeness (QED) is 0.881. The van der Waals surface area contributed by atoms with Crippen LogP contribution in [0.3, 0.4) is 0 Å². The van der Waals surface area contributed by atoms with Crippen LogP contribution in [0.1, 0.15) is 20.9 Å². The summed E-state index contributed by atoms with van der Waals surface area (Å²) in [6.45, 7) is 5.98. The Kier molecular flexibility index (Phi) is 5.04. The van der Waals surface area contributed by atoms with Gasteiger partial charge in [-0.25, -0.2) is 0 Å². The van der Waals surface area contributed by atoms with E-state index in [0.717, 1.165) is 30.2 Å². The maximum atomic E-state index is 5.40. The van der Waals surface area contributed by atoms with E-state index >= 15 is 0 Å². The zero-order chi connectivity index (χ0) is 14.5. The molecule has 1 aromatic carbocycles. The third kappa shape index (κ3) is 3.52. The summed E-state index contributed by atoms with van der Waals surface area (Å²) in [5.41, 5.74) is 2.51. The Morgan fingerprint density at radius 3 is 2.45 bits per heavy atom. The normalized spacial score (nSPS) is 10.6. The number of nitrogens with one attached hydrogen (secondary N) is 1. The summed E-state index contributed by atoms with van der Waals surface area (Å²) in [4.78, 5) is 2.76. The predicted molar refractivity (Wildman–Crippen MR) is 83.9 cm³/mol. The number of methoxy groups -OCH3 is 2. The monoisotopic (exact) mass is 291 g/mol. The Balaban J connectivity index is 1.96. The van der Waals surface area contributed by atoms with E-state index in [4.69, 9.17) is 9.47 Å². The zero-order valence-electron chi connectivity index (χ0n) is 12.4. The third-order valence-corrected chi connectivity index (χ3v) is 4.48. The number of thiophene rings is 1. The molecule has 0 atom stereocenters. The number of aryl methyl sites for hydroxylation is 2. The summed E-state index contributed by atoms with van der Waals surface area (Å²) in [6.07, 6.45) is 0. The van der Waals surface area contributed by atoms with E-state index in [0.29, 0.717) is 0 Å². The lowest BCUT2D eigenvalue weighted by molar-refractivity contribution is 0.390. The molecule has 1 aromatic heterocycles. The fourth-order valence-electron chi connectivity index (χ4n) is 2.06. The van der Waals surface area contributed by atoms with Gasteiger partial charge >= 0.3 is 0 Å². The molecule has 4 heteroatoms. The molecule has 0 bridgehead atoms. The second-order valence-corrected chi connectivity index (χ2v) is 6.07. The van der Waals surface area contributed by atoms with Crippen molar-refractivity contribution in [3.63, 3.8) is 0 Å². The molecule has 1 N–H and O–H groups in total. The largest absolute Gasteiger partial charge is 0.497 e. The molecule has 0 radical (unpaired) electrons. The Bertz CT molecular complexity index is 558. The molecule has 3 nitrogen and oxygen atoms in total. The highest BCUT2D eigenvalue weighted by molar-refractivity contribution is 7.12. The molecule has 0 aliphatic carbocycles. The maximum absolute atomic E-state index is 5.40. The van der Waals surface area contributed by atoms with E-state index in [1.807, 2.05) is 29.5 Å². The molecule has 0 spiro atoms. The molecular weight excluding hydrogens is 270 g/mol. The molecule has 0 unspecified atom stereocenters. The van der Waals surface area contributed by atoms with Crippen LogP contribution >= 0.6 is 11.3 Å². The number of hydrogen-bond donors (Lipinski definition) is 1. The summed E-state index contributed by atoms with van der Waals surface area (Å²) in [5, 5.41) is 3.46. The summed E-state index contributed by atoms with van der Waals surface area (Å²) in [6, 6.07) is 8.16. The molecular formula is C16H21NO2S. The van der Waals surface area contributed by atoms with Crippen LogP contribution < -0.4 is 14.8 Å². The van der Waals surface area contributed by atoms with Crippen LogP contribution in [0.2, 0.25) is 0 Å². The predicted octanol–water partition coefficient (Wildman–Crippen LogP) is 3.67. The Morgan fingerprint density at radius 1 is 1.05 bits per heavy atom. The molecule has 0 saturated carbocycles. The molecule has 0 amide bonds. The van der Waals surface area contributed by atoms with E-state index in [1.54, 1.807) is 14.2 Å². The molecule has 0 aliphatic rings. The summed E-state index contributed by atoms with van der Waals surface area (Å²) >= 11 is 1.85. The van der Waals surface area contributed by atoms with Gasteiger partial charge in [0.15, 0.2) is 0 Å². The van der Waals surface area contributed by atoms with Crippen molar-refractivity contribution in [2.24, 2.45) is 0 Å². The van der Waals surface area contributed by atoms with E-state index in [2.05, 4.69) is 25.2 Å². The Morgan fingerprint density at radius 2 is 1.85 bits per heavy atom. The SMILES string of the molecule is COc1ccc(CNCc2cc(C)c(C)s2)c(OC)c1. The average Bonchev–Trinajstić information content (AvgIpc) is 2.78. The summed E-state index contributed by atoms with van der Waals surface area (Å²) < 4.78 is 10.6. The van der Waals surface area contributed by atoms with Gasteiger partial charge in [-0.1, -0.05) is 6.07 Å². The highest BCUT2D eigenvalue weighted by Gasteiger charge is 2.06. The van der Waals surface area contributed by atoms with Crippen molar-refractivity contribution in [2.45, 2.75) is 26.9 Å². The Labute approximate surface area is 124 Å². The van der Waals surface area contributed by atoms with Gasteiger partial charge in [0, 0.05) is 34.5 Å². The van der Waals surface area contributed by atoms with Crippen LogP contribution in [0.15, 0.2) is 24.3 Å². The number of hydrogen-bond acceptors (Lipinski definition) is 4. The lowest BCUT2D eigenvalue weighted by Gasteiger charge is -2.11. The standard InChI is InChI=1S/C16H21NO2S/c1-11-7-15(20-12(11)2)10-17-9-13-5-6-14(18-3)8-16(13)19-4/h5-8,17H,9-10H2,1-4H3. The second kappa shape index (κ2) is 6.77. The van der Waals surface area contributed by atoms with Gasteiger partial charge in [0.2, 0.25) is 0 Å².